The summed E-state index contributed by atoms with van der Waals surface area (Å²) in [6.45, 7) is 1.90. The summed E-state index contributed by atoms with van der Waals surface area (Å²) < 4.78 is 0. The number of allylic oxidation sites excluding steroid dienone is 2. The van der Waals surface area contributed by atoms with Crippen LogP contribution in [0.2, 0.25) is 0 Å². The average molecular weight is 298 g/mol. The summed E-state index contributed by atoms with van der Waals surface area (Å²) in [6, 6.07) is 9.03. The van der Waals surface area contributed by atoms with E-state index in [9.17, 15) is 9.90 Å². The van der Waals surface area contributed by atoms with Gasteiger partial charge in [-0.25, -0.2) is 0 Å². The number of nitrogens with one attached hydrogen (secondary N) is 1. The van der Waals surface area contributed by atoms with Crippen molar-refractivity contribution < 1.29 is 15.0 Å². The molecule has 0 spiro atoms. The van der Waals surface area contributed by atoms with Gasteiger partial charge in [0.05, 0.1) is 5.70 Å². The summed E-state index contributed by atoms with van der Waals surface area (Å²) in [7, 11) is 0. The first-order chi connectivity index (χ1) is 10.6. The largest absolute Gasteiger partial charge is 0.494 e. The van der Waals surface area contributed by atoms with Gasteiger partial charge in [-0.1, -0.05) is 18.2 Å². The number of carboxylic acids is 1. The number of carboxylic acid groups (broad SMARTS) is 1. The third-order valence-electron chi connectivity index (χ3n) is 3.26. The van der Waals surface area contributed by atoms with E-state index in [1.54, 1.807) is 30.6 Å². The minimum absolute atomic E-state index is 0.0148. The molecule has 0 saturated carbocycles. The molecule has 0 unspecified atom stereocenters. The highest BCUT2D eigenvalue weighted by molar-refractivity contribution is 5.88. The molecule has 1 aliphatic heterocycles. The fourth-order valence-electron chi connectivity index (χ4n) is 2.10. The fourth-order valence-corrected chi connectivity index (χ4v) is 2.10. The van der Waals surface area contributed by atoms with Crippen LogP contribution in [0.25, 0.3) is 6.08 Å². The van der Waals surface area contributed by atoms with Crippen LogP contribution in [0.5, 0.6) is 5.88 Å². The first-order valence-electron chi connectivity index (χ1n) is 6.95. The zero-order valence-electron chi connectivity index (χ0n) is 12.3. The van der Waals surface area contributed by atoms with Crippen LogP contribution in [0, 0.1) is 0 Å². The number of aliphatic imine (C=N–C) groups is 1. The van der Waals surface area contributed by atoms with Crippen molar-refractivity contribution in [3.63, 3.8) is 0 Å². The molecule has 3 N–H and O–H groups in total. The van der Waals surface area contributed by atoms with Crippen molar-refractivity contribution in [1.82, 2.24) is 4.98 Å². The number of rotatable bonds is 4. The molecule has 0 aromatic carbocycles. The van der Waals surface area contributed by atoms with Crippen LogP contribution in [0.15, 0.2) is 58.4 Å². The van der Waals surface area contributed by atoms with E-state index in [-0.39, 0.29) is 12.3 Å². The Labute approximate surface area is 128 Å². The van der Waals surface area contributed by atoms with Gasteiger partial charge >= 0.3 is 5.97 Å². The average Bonchev–Trinajstić information content (AvgIpc) is 2.86. The quantitative estimate of drug-likeness (QED) is 0.795. The molecular weight excluding hydrogens is 280 g/mol. The molecule has 0 fully saturated rings. The number of aromatic amines is 1. The molecule has 5 heteroatoms. The Morgan fingerprint density at radius 1 is 1.32 bits per heavy atom. The van der Waals surface area contributed by atoms with Crippen molar-refractivity contribution in [2.24, 2.45) is 4.99 Å². The maximum Gasteiger partial charge on any atom is 0.303 e. The summed E-state index contributed by atoms with van der Waals surface area (Å²) in [5.74, 6) is -0.825. The SMILES string of the molecule is CC1=C(CCC(=O)O)C(=Cc2cccccc[nH]c2O)N=C1. The molecule has 0 saturated heterocycles. The van der Waals surface area contributed by atoms with Gasteiger partial charge in [0.25, 0.3) is 0 Å². The van der Waals surface area contributed by atoms with Crippen LogP contribution >= 0.6 is 0 Å². The normalized spacial score (nSPS) is 15.2. The van der Waals surface area contributed by atoms with Crippen molar-refractivity contribution in [3.8, 4) is 5.88 Å². The van der Waals surface area contributed by atoms with E-state index in [2.05, 4.69) is 9.98 Å². The van der Waals surface area contributed by atoms with Crippen molar-refractivity contribution in [1.29, 1.82) is 0 Å². The van der Waals surface area contributed by atoms with Crippen molar-refractivity contribution in [2.45, 2.75) is 19.8 Å². The van der Waals surface area contributed by atoms with Crippen LogP contribution in [0.4, 0.5) is 0 Å². The Hall–Kier alpha value is -2.82. The smallest absolute Gasteiger partial charge is 0.303 e. The summed E-state index contributed by atoms with van der Waals surface area (Å²) >= 11 is 0. The molecule has 5 nitrogen and oxygen atoms in total. The van der Waals surface area contributed by atoms with Gasteiger partial charge in [0, 0.05) is 24.4 Å². The predicted octanol–water partition coefficient (Wildman–Crippen LogP) is 3.45. The molecule has 0 aliphatic carbocycles. The molecule has 0 atom stereocenters. The number of carbonyl (C=O) groups is 1. The number of hydrogen-bond donors (Lipinski definition) is 3. The summed E-state index contributed by atoms with van der Waals surface area (Å²) in [5, 5.41) is 18.9. The number of nitrogens with zero attached hydrogens (tertiary/aromatic N) is 1. The summed E-state index contributed by atoms with van der Waals surface area (Å²) in [6.07, 6.45) is 5.56. The second-order valence-electron chi connectivity index (χ2n) is 4.89. The second-order valence-corrected chi connectivity index (χ2v) is 4.89. The Bertz CT molecular complexity index is 710. The zero-order valence-corrected chi connectivity index (χ0v) is 12.3. The van der Waals surface area contributed by atoms with E-state index in [0.717, 1.165) is 11.1 Å². The van der Waals surface area contributed by atoms with Gasteiger partial charge in [0.1, 0.15) is 0 Å². The summed E-state index contributed by atoms with van der Waals surface area (Å²) in [4.78, 5) is 17.8. The third kappa shape index (κ3) is 4.09. The molecule has 1 aromatic heterocycles. The number of aliphatic carboxylic acids is 1. The number of hydrogen-bond acceptors (Lipinski definition) is 3. The molecule has 0 radical (unpaired) electrons. The van der Waals surface area contributed by atoms with Crippen molar-refractivity contribution >= 4 is 18.3 Å². The lowest BCUT2D eigenvalue weighted by molar-refractivity contribution is -0.136. The van der Waals surface area contributed by atoms with Crippen LogP contribution in [-0.4, -0.2) is 27.4 Å². The monoisotopic (exact) mass is 298 g/mol. The molecule has 1 aromatic rings. The van der Waals surface area contributed by atoms with Gasteiger partial charge in [-0.05, 0) is 42.7 Å². The lowest BCUT2D eigenvalue weighted by atomic mass is 10.0. The number of H-pyrrole nitrogens is 1. The fraction of sp³-hybridized carbons (Fsp3) is 0.176. The van der Waals surface area contributed by atoms with Crippen molar-refractivity contribution in [2.75, 3.05) is 0 Å². The topological polar surface area (TPSA) is 85.7 Å². The van der Waals surface area contributed by atoms with E-state index >= 15 is 0 Å². The van der Waals surface area contributed by atoms with E-state index in [1.165, 1.54) is 0 Å². The molecule has 2 heterocycles. The van der Waals surface area contributed by atoms with Gasteiger partial charge in [-0.2, -0.15) is 0 Å². The Morgan fingerprint density at radius 2 is 2.09 bits per heavy atom. The minimum atomic E-state index is -0.840. The van der Waals surface area contributed by atoms with Gasteiger partial charge < -0.3 is 15.2 Å². The van der Waals surface area contributed by atoms with E-state index in [1.807, 2.05) is 25.1 Å². The maximum absolute atomic E-state index is 10.8. The highest BCUT2D eigenvalue weighted by Gasteiger charge is 2.14. The first kappa shape index (κ1) is 15.6. The van der Waals surface area contributed by atoms with Crippen LogP contribution in [-0.2, 0) is 4.79 Å². The molecular formula is C17H18N2O3. The van der Waals surface area contributed by atoms with Crippen molar-refractivity contribution in [3.05, 3.63) is 58.9 Å². The molecule has 2 rings (SSSR count). The number of aromatic hydroxyl groups is 1. The maximum atomic E-state index is 10.8. The van der Waals surface area contributed by atoms with E-state index in [4.69, 9.17) is 5.11 Å². The molecule has 1 aliphatic rings. The highest BCUT2D eigenvalue weighted by Crippen LogP contribution is 2.28. The Kier molecular flexibility index (Phi) is 5.14. The molecule has 0 amide bonds. The van der Waals surface area contributed by atoms with Gasteiger partial charge in [-0.15, -0.1) is 0 Å². The predicted molar refractivity (Wildman–Crippen MR) is 86.1 cm³/mol. The lowest BCUT2D eigenvalue weighted by Gasteiger charge is -2.04. The zero-order chi connectivity index (χ0) is 15.9. The molecule has 22 heavy (non-hydrogen) atoms. The van der Waals surface area contributed by atoms with E-state index in [0.29, 0.717) is 17.7 Å². The second kappa shape index (κ2) is 7.26. The van der Waals surface area contributed by atoms with Gasteiger partial charge in [0.15, 0.2) is 5.88 Å². The number of aromatic nitrogens is 1. The molecule has 114 valence electrons. The minimum Gasteiger partial charge on any atom is -0.494 e. The van der Waals surface area contributed by atoms with Crippen LogP contribution in [0.3, 0.4) is 0 Å². The Balaban J connectivity index is 2.39. The van der Waals surface area contributed by atoms with Gasteiger partial charge in [0.2, 0.25) is 0 Å². The molecule has 0 bridgehead atoms. The Morgan fingerprint density at radius 3 is 2.86 bits per heavy atom. The standard InChI is InChI=1S/C17H18N2O3/c1-12-11-19-15(14(12)7-8-16(20)21)10-13-6-4-2-3-5-9-18-17(13)22/h2-6,9-11,18,22H,7-8H2,1H3,(H,20,21). The first-order valence-corrected chi connectivity index (χ1v) is 6.95. The summed E-state index contributed by atoms with van der Waals surface area (Å²) in [5.41, 5.74) is 3.10. The van der Waals surface area contributed by atoms with Crippen LogP contribution < -0.4 is 0 Å². The highest BCUT2D eigenvalue weighted by atomic mass is 16.4. The van der Waals surface area contributed by atoms with Gasteiger partial charge in [-0.3, -0.25) is 9.79 Å². The lowest BCUT2D eigenvalue weighted by Crippen LogP contribution is -1.97. The van der Waals surface area contributed by atoms with Crippen LogP contribution in [0.1, 0.15) is 25.3 Å². The third-order valence-corrected chi connectivity index (χ3v) is 3.26. The van der Waals surface area contributed by atoms with E-state index < -0.39 is 5.97 Å².